The number of aryl methyl sites for hydroxylation is 1. The first-order valence-corrected chi connectivity index (χ1v) is 8.56. The maximum absolute atomic E-state index is 14.2. The highest BCUT2D eigenvalue weighted by molar-refractivity contribution is 7.14. The molecule has 6 heteroatoms. The zero-order valence-corrected chi connectivity index (χ0v) is 13.9. The second kappa shape index (κ2) is 5.96. The Morgan fingerprint density at radius 3 is 2.71 bits per heavy atom. The van der Waals surface area contributed by atoms with Gasteiger partial charge in [0.1, 0.15) is 27.7 Å². The Balaban J connectivity index is 1.90. The van der Waals surface area contributed by atoms with Crippen LogP contribution in [-0.4, -0.2) is 22.8 Å². The Morgan fingerprint density at radius 2 is 2.00 bits per heavy atom. The maximum Gasteiger partial charge on any atom is 0.148 e. The molecule has 2 N–H and O–H groups in total. The Bertz CT molecular complexity index is 909. The van der Waals surface area contributed by atoms with Crippen molar-refractivity contribution < 1.29 is 9.13 Å². The molecule has 0 unspecified atom stereocenters. The molecule has 24 heavy (non-hydrogen) atoms. The van der Waals surface area contributed by atoms with E-state index >= 15 is 0 Å². The van der Waals surface area contributed by atoms with Gasteiger partial charge in [0.15, 0.2) is 0 Å². The number of fused-ring (bicyclic) bond motifs is 1. The van der Waals surface area contributed by atoms with Gasteiger partial charge in [0.2, 0.25) is 0 Å². The number of hydrogen-bond donors (Lipinski definition) is 1. The molecule has 4 rings (SSSR count). The molecule has 0 amide bonds. The highest BCUT2D eigenvalue weighted by Gasteiger charge is 2.27. The molecular formula is C18H16FN3OS. The summed E-state index contributed by atoms with van der Waals surface area (Å²) >= 11 is 1.52. The summed E-state index contributed by atoms with van der Waals surface area (Å²) in [6, 6.07) is 10.9. The van der Waals surface area contributed by atoms with Crippen molar-refractivity contribution in [1.29, 1.82) is 0 Å². The minimum absolute atomic E-state index is 0.100. The van der Waals surface area contributed by atoms with Crippen LogP contribution in [0, 0.1) is 12.7 Å². The summed E-state index contributed by atoms with van der Waals surface area (Å²) in [5.74, 6) is 0.453. The molecule has 4 nitrogen and oxygen atoms in total. The average Bonchev–Trinajstić information content (AvgIpc) is 3.20. The van der Waals surface area contributed by atoms with Crippen LogP contribution in [0.15, 0.2) is 36.4 Å². The fraction of sp³-hybridized carbons (Fsp3) is 0.222. The molecule has 3 aromatic rings. The lowest BCUT2D eigenvalue weighted by Gasteiger charge is -2.13. The molecule has 1 atom stereocenters. The number of halogens is 1. The van der Waals surface area contributed by atoms with E-state index in [-0.39, 0.29) is 11.9 Å². The first-order valence-electron chi connectivity index (χ1n) is 7.74. The van der Waals surface area contributed by atoms with Crippen LogP contribution in [0.3, 0.4) is 0 Å². The van der Waals surface area contributed by atoms with Crippen molar-refractivity contribution in [3.05, 3.63) is 52.8 Å². The van der Waals surface area contributed by atoms with Gasteiger partial charge in [-0.15, -0.1) is 10.2 Å². The standard InChI is InChI=1S/C18H16FN3OS/c1-10-21-22-18(24-10)15-5-3-2-4-14(15)16-8-12(19)6-11-7-13(9-20)23-17(11)16/h2-6,8,13H,7,9,20H2,1H3/t13-/m1/s1. The van der Waals surface area contributed by atoms with Crippen LogP contribution >= 0.6 is 11.3 Å². The fourth-order valence-electron chi connectivity index (χ4n) is 3.04. The average molecular weight is 341 g/mol. The van der Waals surface area contributed by atoms with E-state index in [9.17, 15) is 4.39 Å². The van der Waals surface area contributed by atoms with E-state index in [2.05, 4.69) is 10.2 Å². The zero-order valence-electron chi connectivity index (χ0n) is 13.1. The lowest BCUT2D eigenvalue weighted by atomic mass is 9.96. The fourth-order valence-corrected chi connectivity index (χ4v) is 3.77. The van der Waals surface area contributed by atoms with Gasteiger partial charge in [-0.25, -0.2) is 4.39 Å². The van der Waals surface area contributed by atoms with Gasteiger partial charge in [-0.05, 0) is 24.6 Å². The second-order valence-corrected chi connectivity index (χ2v) is 6.97. The van der Waals surface area contributed by atoms with Gasteiger partial charge in [-0.3, -0.25) is 0 Å². The Labute approximate surface area is 143 Å². The van der Waals surface area contributed by atoms with Crippen LogP contribution < -0.4 is 10.5 Å². The van der Waals surface area contributed by atoms with Gasteiger partial charge < -0.3 is 10.5 Å². The number of rotatable bonds is 3. The number of nitrogens with two attached hydrogens (primary N) is 1. The quantitative estimate of drug-likeness (QED) is 0.791. The van der Waals surface area contributed by atoms with Gasteiger partial charge in [0.05, 0.1) is 0 Å². The summed E-state index contributed by atoms with van der Waals surface area (Å²) in [6.45, 7) is 2.33. The summed E-state index contributed by atoms with van der Waals surface area (Å²) in [5.41, 5.74) is 9.15. The van der Waals surface area contributed by atoms with Crippen LogP contribution in [0.4, 0.5) is 4.39 Å². The third-order valence-electron chi connectivity index (χ3n) is 4.10. The topological polar surface area (TPSA) is 61.0 Å². The minimum atomic E-state index is -0.270. The molecule has 122 valence electrons. The first kappa shape index (κ1) is 15.2. The van der Waals surface area contributed by atoms with E-state index in [1.54, 1.807) is 0 Å². The highest BCUT2D eigenvalue weighted by atomic mass is 32.1. The first-order chi connectivity index (χ1) is 11.7. The largest absolute Gasteiger partial charge is 0.488 e. The number of hydrogen-bond acceptors (Lipinski definition) is 5. The smallest absolute Gasteiger partial charge is 0.148 e. The Kier molecular flexibility index (Phi) is 3.78. The number of nitrogens with zero attached hydrogens (tertiary/aromatic N) is 2. The minimum Gasteiger partial charge on any atom is -0.488 e. The molecule has 1 aromatic heterocycles. The SMILES string of the molecule is Cc1nnc(-c2ccccc2-c2cc(F)cc3c2O[C@@H](CN)C3)s1. The molecule has 1 aliphatic heterocycles. The van der Waals surface area contributed by atoms with Crippen molar-refractivity contribution in [2.75, 3.05) is 6.54 Å². The predicted octanol–water partition coefficient (Wildman–Crippen LogP) is 3.58. The summed E-state index contributed by atoms with van der Waals surface area (Å²) < 4.78 is 20.1. The highest BCUT2D eigenvalue weighted by Crippen LogP contribution is 2.43. The molecule has 1 aliphatic rings. The Morgan fingerprint density at radius 1 is 1.21 bits per heavy atom. The zero-order chi connectivity index (χ0) is 16.7. The molecule has 2 heterocycles. The van der Waals surface area contributed by atoms with Gasteiger partial charge in [0.25, 0.3) is 0 Å². The molecular weight excluding hydrogens is 325 g/mol. The number of aromatic nitrogens is 2. The van der Waals surface area contributed by atoms with Crippen LogP contribution in [0.25, 0.3) is 21.7 Å². The van der Waals surface area contributed by atoms with Crippen molar-refractivity contribution in [2.24, 2.45) is 5.73 Å². The van der Waals surface area contributed by atoms with Crippen LogP contribution in [0.1, 0.15) is 10.6 Å². The molecule has 0 fully saturated rings. The third kappa shape index (κ3) is 2.57. The van der Waals surface area contributed by atoms with Gasteiger partial charge in [-0.1, -0.05) is 35.6 Å². The second-order valence-electron chi connectivity index (χ2n) is 5.79. The summed E-state index contributed by atoms with van der Waals surface area (Å²) in [5, 5.41) is 10.0. The van der Waals surface area contributed by atoms with E-state index in [1.807, 2.05) is 31.2 Å². The van der Waals surface area contributed by atoms with Crippen molar-refractivity contribution in [3.63, 3.8) is 0 Å². The third-order valence-corrected chi connectivity index (χ3v) is 4.97. The van der Waals surface area contributed by atoms with E-state index in [4.69, 9.17) is 10.5 Å². The lowest BCUT2D eigenvalue weighted by Crippen LogP contribution is -2.24. The number of benzene rings is 2. The van der Waals surface area contributed by atoms with Crippen LogP contribution in [-0.2, 0) is 6.42 Å². The van der Waals surface area contributed by atoms with Crippen LogP contribution in [0.5, 0.6) is 5.75 Å². The van der Waals surface area contributed by atoms with Crippen molar-refractivity contribution in [3.8, 4) is 27.4 Å². The van der Waals surface area contributed by atoms with Crippen molar-refractivity contribution >= 4 is 11.3 Å². The molecule has 0 saturated carbocycles. The predicted molar refractivity (Wildman–Crippen MR) is 92.7 cm³/mol. The maximum atomic E-state index is 14.2. The summed E-state index contributed by atoms with van der Waals surface area (Å²) in [4.78, 5) is 0. The number of ether oxygens (including phenoxy) is 1. The lowest BCUT2D eigenvalue weighted by molar-refractivity contribution is 0.242. The van der Waals surface area contributed by atoms with Crippen LogP contribution in [0.2, 0.25) is 0 Å². The van der Waals surface area contributed by atoms with E-state index in [0.717, 1.165) is 38.0 Å². The van der Waals surface area contributed by atoms with E-state index in [0.29, 0.717) is 13.0 Å². The summed E-state index contributed by atoms with van der Waals surface area (Å²) in [6.07, 6.45) is 0.535. The van der Waals surface area contributed by atoms with E-state index in [1.165, 1.54) is 23.5 Å². The van der Waals surface area contributed by atoms with Crippen molar-refractivity contribution in [2.45, 2.75) is 19.4 Å². The molecule has 0 bridgehead atoms. The molecule has 0 spiro atoms. The molecule has 0 radical (unpaired) electrons. The Hall–Kier alpha value is -2.31. The van der Waals surface area contributed by atoms with Crippen molar-refractivity contribution in [1.82, 2.24) is 10.2 Å². The van der Waals surface area contributed by atoms with Gasteiger partial charge >= 0.3 is 0 Å². The molecule has 0 aliphatic carbocycles. The van der Waals surface area contributed by atoms with E-state index < -0.39 is 0 Å². The summed E-state index contributed by atoms with van der Waals surface area (Å²) in [7, 11) is 0. The van der Waals surface area contributed by atoms with Gasteiger partial charge in [-0.2, -0.15) is 0 Å². The normalized spacial score (nSPS) is 16.0. The molecule has 2 aromatic carbocycles. The monoisotopic (exact) mass is 341 g/mol. The molecule has 0 saturated heterocycles. The van der Waals surface area contributed by atoms with Gasteiger partial charge in [0, 0.05) is 29.7 Å².